The molecule has 0 spiro atoms. The third kappa shape index (κ3) is 4.04. The van der Waals surface area contributed by atoms with Crippen LogP contribution in [0.15, 0.2) is 70.6 Å². The summed E-state index contributed by atoms with van der Waals surface area (Å²) in [6.07, 6.45) is 4.57. The van der Waals surface area contributed by atoms with Crippen molar-refractivity contribution in [1.82, 2.24) is 4.31 Å². The fraction of sp³-hybridized carbons (Fsp3) is 0.261. The van der Waals surface area contributed by atoms with Crippen molar-refractivity contribution in [3.8, 4) is 5.75 Å². The molecule has 0 unspecified atom stereocenters. The van der Waals surface area contributed by atoms with E-state index in [4.69, 9.17) is 4.74 Å². The Morgan fingerprint density at radius 1 is 0.966 bits per heavy atom. The van der Waals surface area contributed by atoms with E-state index in [0.29, 0.717) is 24.5 Å². The van der Waals surface area contributed by atoms with Crippen LogP contribution in [0.5, 0.6) is 5.75 Å². The van der Waals surface area contributed by atoms with Crippen LogP contribution < -0.4 is 4.74 Å². The predicted octanol–water partition coefficient (Wildman–Crippen LogP) is 4.77. The molecule has 3 aromatic rings. The van der Waals surface area contributed by atoms with Crippen LogP contribution in [0.2, 0.25) is 0 Å². The van der Waals surface area contributed by atoms with Gasteiger partial charge >= 0.3 is 0 Å². The third-order valence-electron chi connectivity index (χ3n) is 5.27. The molecular weight excluding hydrogens is 384 g/mol. The quantitative estimate of drug-likeness (QED) is 0.571. The van der Waals surface area contributed by atoms with Crippen molar-refractivity contribution in [2.24, 2.45) is 4.99 Å². The third-order valence-corrected chi connectivity index (χ3v) is 7.19. The highest BCUT2D eigenvalue weighted by Crippen LogP contribution is 2.32. The van der Waals surface area contributed by atoms with E-state index in [2.05, 4.69) is 4.99 Å². The molecule has 0 bridgehead atoms. The highest BCUT2D eigenvalue weighted by Gasteiger charge is 2.28. The van der Waals surface area contributed by atoms with Crippen LogP contribution in [0.3, 0.4) is 0 Å². The summed E-state index contributed by atoms with van der Waals surface area (Å²) in [6.45, 7) is 1.10. The van der Waals surface area contributed by atoms with Gasteiger partial charge in [0.1, 0.15) is 10.6 Å². The van der Waals surface area contributed by atoms with Crippen LogP contribution in [-0.4, -0.2) is 39.1 Å². The van der Waals surface area contributed by atoms with Crippen molar-refractivity contribution >= 4 is 32.7 Å². The Balaban J connectivity index is 1.76. The van der Waals surface area contributed by atoms with E-state index in [0.717, 1.165) is 35.6 Å². The maximum Gasteiger partial charge on any atom is 0.245 e. The van der Waals surface area contributed by atoms with E-state index in [9.17, 15) is 8.42 Å². The molecule has 1 saturated heterocycles. The Labute approximate surface area is 171 Å². The molecule has 0 N–H and O–H groups in total. The molecule has 1 heterocycles. The average Bonchev–Trinajstić information content (AvgIpc) is 2.78. The Hall–Kier alpha value is -2.70. The van der Waals surface area contributed by atoms with Gasteiger partial charge in [-0.3, -0.25) is 4.99 Å². The van der Waals surface area contributed by atoms with Crippen LogP contribution in [0.25, 0.3) is 10.8 Å². The predicted molar refractivity (Wildman–Crippen MR) is 117 cm³/mol. The van der Waals surface area contributed by atoms with E-state index in [1.54, 1.807) is 28.7 Å². The lowest BCUT2D eigenvalue weighted by molar-refractivity contribution is 0.346. The first kappa shape index (κ1) is 19.6. The monoisotopic (exact) mass is 408 g/mol. The number of sulfonamides is 1. The number of piperidine rings is 1. The molecule has 0 saturated carbocycles. The maximum atomic E-state index is 13.3. The van der Waals surface area contributed by atoms with Gasteiger partial charge in [-0.2, -0.15) is 4.31 Å². The van der Waals surface area contributed by atoms with Gasteiger partial charge in [0.25, 0.3) is 0 Å². The Kier molecular flexibility index (Phi) is 5.65. The number of rotatable bonds is 5. The molecule has 6 heteroatoms. The summed E-state index contributed by atoms with van der Waals surface area (Å²) < 4.78 is 33.4. The van der Waals surface area contributed by atoms with Gasteiger partial charge in [0, 0.05) is 30.9 Å². The van der Waals surface area contributed by atoms with E-state index in [-0.39, 0.29) is 4.90 Å². The zero-order chi connectivity index (χ0) is 20.3. The zero-order valence-electron chi connectivity index (χ0n) is 16.4. The molecule has 4 rings (SSSR count). The Bertz CT molecular complexity index is 1140. The Morgan fingerprint density at radius 3 is 2.52 bits per heavy atom. The topological polar surface area (TPSA) is 59.0 Å². The largest absolute Gasteiger partial charge is 0.497 e. The lowest BCUT2D eigenvalue weighted by Gasteiger charge is -2.26. The van der Waals surface area contributed by atoms with Gasteiger partial charge < -0.3 is 4.74 Å². The van der Waals surface area contributed by atoms with Gasteiger partial charge in [-0.05, 0) is 35.7 Å². The zero-order valence-corrected chi connectivity index (χ0v) is 17.2. The van der Waals surface area contributed by atoms with Gasteiger partial charge in [-0.15, -0.1) is 0 Å². The average molecular weight is 409 g/mol. The van der Waals surface area contributed by atoms with Crippen LogP contribution >= 0.6 is 0 Å². The molecule has 0 radical (unpaired) electrons. The van der Waals surface area contributed by atoms with Crippen molar-refractivity contribution in [2.45, 2.75) is 24.2 Å². The van der Waals surface area contributed by atoms with Crippen LogP contribution in [0, 0.1) is 0 Å². The molecule has 1 aliphatic rings. The summed E-state index contributed by atoms with van der Waals surface area (Å²) in [7, 11) is -2.10. The van der Waals surface area contributed by atoms with Gasteiger partial charge in [0.05, 0.1) is 12.8 Å². The number of methoxy groups -OCH3 is 1. The van der Waals surface area contributed by atoms with Crippen molar-refractivity contribution in [3.05, 3.63) is 66.2 Å². The molecule has 150 valence electrons. The SMILES string of the molecule is COc1ccc(N=Cc2cccc3ccccc23)c(S(=O)(=O)N2CCCCC2)c1. The van der Waals surface area contributed by atoms with Crippen LogP contribution in [0.4, 0.5) is 5.69 Å². The van der Waals surface area contributed by atoms with E-state index in [1.165, 1.54) is 7.11 Å². The second-order valence-electron chi connectivity index (χ2n) is 7.12. The second kappa shape index (κ2) is 8.35. The molecule has 0 aromatic heterocycles. The fourth-order valence-electron chi connectivity index (χ4n) is 3.68. The van der Waals surface area contributed by atoms with Gasteiger partial charge in [-0.25, -0.2) is 8.42 Å². The maximum absolute atomic E-state index is 13.3. The first-order chi connectivity index (χ1) is 14.1. The molecule has 1 fully saturated rings. The minimum atomic E-state index is -3.63. The van der Waals surface area contributed by atoms with Crippen LogP contribution in [-0.2, 0) is 10.0 Å². The van der Waals surface area contributed by atoms with Gasteiger partial charge in [0.2, 0.25) is 10.0 Å². The number of nitrogens with zero attached hydrogens (tertiary/aromatic N) is 2. The van der Waals surface area contributed by atoms with Crippen molar-refractivity contribution in [1.29, 1.82) is 0 Å². The standard InChI is InChI=1S/C23H24N2O3S/c1-28-20-12-13-22(23(16-20)29(26,27)25-14-5-2-6-15-25)24-17-19-10-7-9-18-8-3-4-11-21(18)19/h3-4,7-13,16-17H,2,5-6,14-15H2,1H3. The minimum absolute atomic E-state index is 0.190. The number of hydrogen-bond acceptors (Lipinski definition) is 4. The summed E-state index contributed by atoms with van der Waals surface area (Å²) in [5.41, 5.74) is 1.37. The number of benzene rings is 3. The molecule has 0 aliphatic carbocycles. The second-order valence-corrected chi connectivity index (χ2v) is 9.03. The van der Waals surface area contributed by atoms with Crippen molar-refractivity contribution in [2.75, 3.05) is 20.2 Å². The summed E-state index contributed by atoms with van der Waals surface area (Å²) in [6, 6.07) is 19.1. The lowest BCUT2D eigenvalue weighted by Crippen LogP contribution is -2.35. The first-order valence-corrected chi connectivity index (χ1v) is 11.2. The Morgan fingerprint density at radius 2 is 1.72 bits per heavy atom. The lowest BCUT2D eigenvalue weighted by atomic mass is 10.1. The van der Waals surface area contributed by atoms with E-state index in [1.807, 2.05) is 42.5 Å². The summed E-state index contributed by atoms with van der Waals surface area (Å²) in [5.74, 6) is 0.504. The molecular formula is C23H24N2O3S. The minimum Gasteiger partial charge on any atom is -0.497 e. The normalized spacial score (nSPS) is 15.8. The number of hydrogen-bond donors (Lipinski definition) is 0. The summed E-state index contributed by atoms with van der Waals surface area (Å²) >= 11 is 0. The summed E-state index contributed by atoms with van der Waals surface area (Å²) in [5, 5.41) is 2.19. The van der Waals surface area contributed by atoms with Gasteiger partial charge in [0.15, 0.2) is 0 Å². The number of fused-ring (bicyclic) bond motifs is 1. The highest BCUT2D eigenvalue weighted by molar-refractivity contribution is 7.89. The number of ether oxygens (including phenoxy) is 1. The van der Waals surface area contributed by atoms with E-state index >= 15 is 0 Å². The molecule has 5 nitrogen and oxygen atoms in total. The van der Waals surface area contributed by atoms with Crippen molar-refractivity contribution < 1.29 is 13.2 Å². The molecule has 29 heavy (non-hydrogen) atoms. The molecule has 1 aliphatic heterocycles. The highest BCUT2D eigenvalue weighted by atomic mass is 32.2. The van der Waals surface area contributed by atoms with E-state index < -0.39 is 10.0 Å². The van der Waals surface area contributed by atoms with Gasteiger partial charge in [-0.1, -0.05) is 48.9 Å². The smallest absolute Gasteiger partial charge is 0.245 e. The van der Waals surface area contributed by atoms with Crippen LogP contribution in [0.1, 0.15) is 24.8 Å². The molecule has 0 amide bonds. The number of aliphatic imine (C=N–C) groups is 1. The fourth-order valence-corrected chi connectivity index (χ4v) is 5.35. The van der Waals surface area contributed by atoms with Crippen molar-refractivity contribution in [3.63, 3.8) is 0 Å². The molecule has 0 atom stereocenters. The summed E-state index contributed by atoms with van der Waals surface area (Å²) in [4.78, 5) is 4.77. The molecule has 3 aromatic carbocycles. The first-order valence-electron chi connectivity index (χ1n) is 9.79.